The predicted molar refractivity (Wildman–Crippen MR) is 124 cm³/mol. The van der Waals surface area contributed by atoms with Gasteiger partial charge in [-0.15, -0.1) is 0 Å². The van der Waals surface area contributed by atoms with Gasteiger partial charge in [0, 0.05) is 64.2 Å². The maximum absolute atomic E-state index is 13.0. The minimum Gasteiger partial charge on any atom is -0.390 e. The number of fused-ring (bicyclic) bond motifs is 2. The second-order valence-electron chi connectivity index (χ2n) is 10.0. The third kappa shape index (κ3) is 5.54. The van der Waals surface area contributed by atoms with E-state index in [1.54, 1.807) is 10.8 Å². The molecule has 1 fully saturated rings. The second-order valence-corrected chi connectivity index (χ2v) is 10.0. The zero-order valence-electron chi connectivity index (χ0n) is 19.6. The van der Waals surface area contributed by atoms with Gasteiger partial charge < -0.3 is 20.3 Å². The Hall–Kier alpha value is -2.85. The number of hydrogen-bond acceptors (Lipinski definition) is 5. The summed E-state index contributed by atoms with van der Waals surface area (Å²) in [5.41, 5.74) is 2.87. The smallest absolute Gasteiger partial charge is 0.271 e. The molecule has 10 heteroatoms. The highest BCUT2D eigenvalue weighted by Crippen LogP contribution is 2.37. The van der Waals surface area contributed by atoms with Gasteiger partial charge in [-0.3, -0.25) is 14.5 Å². The molecular formula is C25H31F2N5O3. The highest BCUT2D eigenvalue weighted by atomic mass is 19.3. The molecule has 0 spiro atoms. The molecule has 2 aromatic rings. The molecule has 2 atom stereocenters. The number of rotatable bonds is 7. The average molecular weight is 488 g/mol. The van der Waals surface area contributed by atoms with Gasteiger partial charge in [0.25, 0.3) is 11.8 Å². The molecule has 1 saturated carbocycles. The number of nitrogens with one attached hydrogen (secondary N) is 2. The lowest BCUT2D eigenvalue weighted by Crippen LogP contribution is -2.52. The average Bonchev–Trinajstić information content (AvgIpc) is 3.25. The number of alkyl halides is 2. The summed E-state index contributed by atoms with van der Waals surface area (Å²) in [6, 6.07) is 7.84. The number of β-amino-alcohol motifs (C(OH)–C–C–N with tert-alkyl or cyclic N) is 1. The topological polar surface area (TPSA) is 99.5 Å². The molecule has 0 radical (unpaired) electrons. The van der Waals surface area contributed by atoms with Gasteiger partial charge in [-0.1, -0.05) is 24.3 Å². The molecule has 0 saturated heterocycles. The first kappa shape index (κ1) is 23.9. The minimum atomic E-state index is -2.67. The number of hydrogen-bond donors (Lipinski definition) is 3. The van der Waals surface area contributed by atoms with Crippen molar-refractivity contribution in [3.8, 4) is 0 Å². The van der Waals surface area contributed by atoms with Crippen molar-refractivity contribution in [3.05, 3.63) is 53.1 Å². The maximum Gasteiger partial charge on any atom is 0.271 e. The number of aromatic nitrogens is 2. The number of imidazole rings is 1. The summed E-state index contributed by atoms with van der Waals surface area (Å²) in [5.74, 6) is -2.87. The Morgan fingerprint density at radius 1 is 1.20 bits per heavy atom. The van der Waals surface area contributed by atoms with Crippen LogP contribution in [-0.2, 0) is 30.7 Å². The van der Waals surface area contributed by atoms with Gasteiger partial charge in [0.15, 0.2) is 0 Å². The van der Waals surface area contributed by atoms with E-state index >= 15 is 0 Å². The van der Waals surface area contributed by atoms with Crippen LogP contribution in [0.25, 0.3) is 0 Å². The molecule has 8 nitrogen and oxygen atoms in total. The summed E-state index contributed by atoms with van der Waals surface area (Å²) in [5, 5.41) is 15.9. The summed E-state index contributed by atoms with van der Waals surface area (Å²) in [6.07, 6.45) is 2.35. The first-order valence-corrected chi connectivity index (χ1v) is 12.3. The normalized spacial score (nSPS) is 22.4. The van der Waals surface area contributed by atoms with Crippen LogP contribution in [0.2, 0.25) is 0 Å². The molecule has 3 heterocycles. The fourth-order valence-corrected chi connectivity index (χ4v) is 5.22. The van der Waals surface area contributed by atoms with Crippen LogP contribution >= 0.6 is 0 Å². The predicted octanol–water partition coefficient (Wildman–Crippen LogP) is 1.51. The molecule has 35 heavy (non-hydrogen) atoms. The highest BCUT2D eigenvalue weighted by Gasteiger charge is 2.46. The number of benzene rings is 1. The first-order chi connectivity index (χ1) is 16.8. The Morgan fingerprint density at radius 2 is 1.97 bits per heavy atom. The van der Waals surface area contributed by atoms with E-state index in [-0.39, 0.29) is 42.8 Å². The van der Waals surface area contributed by atoms with Crippen molar-refractivity contribution >= 4 is 11.8 Å². The van der Waals surface area contributed by atoms with Gasteiger partial charge in [-0.05, 0) is 24.0 Å². The molecule has 3 N–H and O–H groups in total. The van der Waals surface area contributed by atoms with Crippen LogP contribution in [0.15, 0.2) is 30.5 Å². The van der Waals surface area contributed by atoms with Crippen molar-refractivity contribution in [1.82, 2.24) is 25.1 Å². The van der Waals surface area contributed by atoms with Crippen molar-refractivity contribution in [2.24, 2.45) is 5.92 Å². The van der Waals surface area contributed by atoms with Crippen LogP contribution in [0.5, 0.6) is 0 Å². The van der Waals surface area contributed by atoms with E-state index in [2.05, 4.69) is 32.7 Å². The Bertz CT molecular complexity index is 1100. The van der Waals surface area contributed by atoms with Gasteiger partial charge >= 0.3 is 0 Å². The van der Waals surface area contributed by atoms with Crippen molar-refractivity contribution < 1.29 is 23.5 Å². The Labute approximate surface area is 202 Å². The van der Waals surface area contributed by atoms with E-state index in [1.165, 1.54) is 11.1 Å². The third-order valence-electron chi connectivity index (χ3n) is 7.21. The number of amides is 2. The van der Waals surface area contributed by atoms with Crippen molar-refractivity contribution in [3.63, 3.8) is 0 Å². The number of halogens is 2. The second kappa shape index (κ2) is 9.66. The Morgan fingerprint density at radius 3 is 2.74 bits per heavy atom. The molecule has 188 valence electrons. The standard InChI is InChI=1S/C25H31F2N5O3/c26-25(27)9-19(10-25)29-23(34)18-5-6-22-30-21(15-32(22)13-18)24(35)28-11-20(33)14-31-8-7-16-3-1-2-4-17(16)12-31/h1-4,15,18-20,33H,5-14H2,(H,28,35)(H,29,34)/t18?,20-/m0/s1. The van der Waals surface area contributed by atoms with E-state index in [4.69, 9.17) is 0 Å². The largest absolute Gasteiger partial charge is 0.390 e. The Kier molecular flexibility index (Phi) is 6.59. The van der Waals surface area contributed by atoms with Gasteiger partial charge in [-0.2, -0.15) is 0 Å². The molecular weight excluding hydrogens is 456 g/mol. The van der Waals surface area contributed by atoms with Gasteiger partial charge in [-0.25, -0.2) is 13.8 Å². The van der Waals surface area contributed by atoms with Crippen molar-refractivity contribution in [2.75, 3.05) is 19.6 Å². The summed E-state index contributed by atoms with van der Waals surface area (Å²) in [4.78, 5) is 31.7. The third-order valence-corrected chi connectivity index (χ3v) is 7.21. The van der Waals surface area contributed by atoms with E-state index in [1.807, 2.05) is 12.1 Å². The van der Waals surface area contributed by atoms with Crippen LogP contribution in [0.1, 0.15) is 46.7 Å². The van der Waals surface area contributed by atoms with Gasteiger partial charge in [0.05, 0.1) is 12.0 Å². The van der Waals surface area contributed by atoms with Gasteiger partial charge in [0.1, 0.15) is 11.5 Å². The molecule has 1 aliphatic carbocycles. The van der Waals surface area contributed by atoms with Crippen LogP contribution in [0.3, 0.4) is 0 Å². The van der Waals surface area contributed by atoms with Crippen LogP contribution < -0.4 is 10.6 Å². The highest BCUT2D eigenvalue weighted by molar-refractivity contribution is 5.92. The van der Waals surface area contributed by atoms with Crippen LogP contribution in [0.4, 0.5) is 8.78 Å². The summed E-state index contributed by atoms with van der Waals surface area (Å²) >= 11 is 0. The monoisotopic (exact) mass is 487 g/mol. The summed E-state index contributed by atoms with van der Waals surface area (Å²) in [7, 11) is 0. The molecule has 5 rings (SSSR count). The maximum atomic E-state index is 13.0. The zero-order valence-corrected chi connectivity index (χ0v) is 19.6. The van der Waals surface area contributed by atoms with Gasteiger partial charge in [0.2, 0.25) is 5.91 Å². The number of aliphatic hydroxyl groups excluding tert-OH is 1. The van der Waals surface area contributed by atoms with Crippen LogP contribution in [0, 0.1) is 5.92 Å². The number of carbonyl (C=O) groups is 2. The Balaban J connectivity index is 1.08. The lowest BCUT2D eigenvalue weighted by atomic mass is 9.87. The molecule has 0 bridgehead atoms. The van der Waals surface area contributed by atoms with E-state index < -0.39 is 18.1 Å². The fraction of sp³-hybridized carbons (Fsp3) is 0.560. The zero-order chi connectivity index (χ0) is 24.6. The number of aryl methyl sites for hydroxylation is 1. The molecule has 1 aromatic heterocycles. The van der Waals surface area contributed by atoms with Crippen molar-refractivity contribution in [1.29, 1.82) is 0 Å². The van der Waals surface area contributed by atoms with Crippen molar-refractivity contribution in [2.45, 2.75) is 63.3 Å². The fourth-order valence-electron chi connectivity index (χ4n) is 5.22. The quantitative estimate of drug-likeness (QED) is 0.550. The SMILES string of the molecule is O=C(NC[C@H](O)CN1CCc2ccccc2C1)c1cn2c(n1)CCC(C(=O)NC1CC(F)(F)C1)C2. The van der Waals surface area contributed by atoms with E-state index in [0.717, 1.165) is 25.3 Å². The summed E-state index contributed by atoms with van der Waals surface area (Å²) in [6.45, 7) is 2.61. The number of aliphatic hydroxyl groups is 1. The number of carbonyl (C=O) groups excluding carboxylic acids is 2. The molecule has 1 aromatic carbocycles. The van der Waals surface area contributed by atoms with E-state index in [9.17, 15) is 23.5 Å². The molecule has 2 aliphatic heterocycles. The molecule has 3 aliphatic rings. The van der Waals surface area contributed by atoms with Crippen LogP contribution in [-0.4, -0.2) is 69.1 Å². The lowest BCUT2D eigenvalue weighted by Gasteiger charge is -2.36. The lowest BCUT2D eigenvalue weighted by molar-refractivity contribution is -0.133. The number of nitrogens with zero attached hydrogens (tertiary/aromatic N) is 3. The minimum absolute atomic E-state index is 0.121. The first-order valence-electron chi connectivity index (χ1n) is 12.3. The molecule has 1 unspecified atom stereocenters. The summed E-state index contributed by atoms with van der Waals surface area (Å²) < 4.78 is 27.8. The molecule has 2 amide bonds. The van der Waals surface area contributed by atoms with E-state index in [0.29, 0.717) is 25.9 Å².